The molecular formula is C23H27FN8O. The SMILES string of the molecule is CC1(C)Cc2c(-c3cc(-c4cnc(N)c(C(=O)N[C@@H]5CNC[C@@H](F)C5)n4)ccn3)cnn2C1. The number of nitrogens with zero attached hydrogens (tertiary/aromatic N) is 5. The van der Waals surface area contributed by atoms with Gasteiger partial charge in [0.2, 0.25) is 0 Å². The van der Waals surface area contributed by atoms with Crippen molar-refractivity contribution < 1.29 is 9.18 Å². The Balaban J connectivity index is 1.41. The lowest BCUT2D eigenvalue weighted by atomic mass is 9.90. The van der Waals surface area contributed by atoms with E-state index >= 15 is 0 Å². The quantitative estimate of drug-likeness (QED) is 0.555. The summed E-state index contributed by atoms with van der Waals surface area (Å²) in [5.74, 6) is -0.434. The molecule has 33 heavy (non-hydrogen) atoms. The molecule has 3 aromatic heterocycles. The minimum atomic E-state index is -0.995. The fourth-order valence-corrected chi connectivity index (χ4v) is 4.56. The molecule has 9 nitrogen and oxygen atoms in total. The van der Waals surface area contributed by atoms with Gasteiger partial charge >= 0.3 is 0 Å². The monoisotopic (exact) mass is 450 g/mol. The molecule has 0 aliphatic carbocycles. The van der Waals surface area contributed by atoms with Gasteiger partial charge in [0.15, 0.2) is 11.5 Å². The Bertz CT molecular complexity index is 1210. The molecule has 0 unspecified atom stereocenters. The van der Waals surface area contributed by atoms with Gasteiger partial charge in [-0.15, -0.1) is 0 Å². The van der Waals surface area contributed by atoms with E-state index in [0.29, 0.717) is 18.8 Å². The molecule has 0 spiro atoms. The third-order valence-electron chi connectivity index (χ3n) is 6.15. The highest BCUT2D eigenvalue weighted by atomic mass is 19.1. The molecular weight excluding hydrogens is 423 g/mol. The van der Waals surface area contributed by atoms with Crippen LogP contribution in [0.5, 0.6) is 0 Å². The first kappa shape index (κ1) is 21.4. The highest BCUT2D eigenvalue weighted by Gasteiger charge is 2.32. The fourth-order valence-electron chi connectivity index (χ4n) is 4.56. The van der Waals surface area contributed by atoms with Crippen LogP contribution in [0.1, 0.15) is 36.5 Å². The van der Waals surface area contributed by atoms with Crippen molar-refractivity contribution in [1.82, 2.24) is 35.4 Å². The number of anilines is 1. The normalized spacial score (nSPS) is 21.5. The van der Waals surface area contributed by atoms with Crippen molar-refractivity contribution in [3.63, 3.8) is 0 Å². The van der Waals surface area contributed by atoms with Gasteiger partial charge < -0.3 is 16.4 Å². The standard InChI is InChI=1S/C23H27FN8O/c1-23(2)7-19-16(10-29-32(19)12-23)17-5-13(3-4-27-17)18-11-28-21(25)20(31-18)22(33)30-15-6-14(24)8-26-9-15/h3-5,10-11,14-15,26H,6-9,12H2,1-2H3,(H2,25,28)(H,30,33)/t14-,15-/m0/s1. The number of carbonyl (C=O) groups is 1. The molecule has 1 fully saturated rings. The van der Waals surface area contributed by atoms with E-state index in [4.69, 9.17) is 5.73 Å². The number of halogens is 1. The van der Waals surface area contributed by atoms with E-state index in [0.717, 1.165) is 29.8 Å². The molecule has 0 bridgehead atoms. The molecule has 1 saturated heterocycles. The summed E-state index contributed by atoms with van der Waals surface area (Å²) in [6.07, 6.45) is 5.28. The van der Waals surface area contributed by atoms with Crippen molar-refractivity contribution in [2.45, 2.75) is 45.4 Å². The van der Waals surface area contributed by atoms with E-state index in [1.807, 2.05) is 23.0 Å². The van der Waals surface area contributed by atoms with Crippen molar-refractivity contribution in [3.8, 4) is 22.5 Å². The van der Waals surface area contributed by atoms with E-state index in [1.54, 1.807) is 6.20 Å². The molecule has 3 aromatic rings. The zero-order chi connectivity index (χ0) is 23.2. The number of aromatic nitrogens is 5. The number of nitrogen functional groups attached to an aromatic ring is 1. The minimum Gasteiger partial charge on any atom is -0.382 e. The summed E-state index contributed by atoms with van der Waals surface area (Å²) in [6.45, 7) is 6.13. The predicted octanol–water partition coefficient (Wildman–Crippen LogP) is 2.00. The Kier molecular flexibility index (Phi) is 5.32. The number of piperidine rings is 1. The molecule has 5 rings (SSSR count). The predicted molar refractivity (Wildman–Crippen MR) is 122 cm³/mol. The summed E-state index contributed by atoms with van der Waals surface area (Å²) in [6, 6.07) is 3.41. The van der Waals surface area contributed by atoms with Crippen LogP contribution < -0.4 is 16.4 Å². The van der Waals surface area contributed by atoms with E-state index in [1.165, 1.54) is 11.9 Å². The van der Waals surface area contributed by atoms with Crippen LogP contribution in [0.3, 0.4) is 0 Å². The van der Waals surface area contributed by atoms with Crippen LogP contribution >= 0.6 is 0 Å². The van der Waals surface area contributed by atoms with Gasteiger partial charge in [-0.25, -0.2) is 14.4 Å². The number of nitrogens with two attached hydrogens (primary N) is 1. The fraction of sp³-hybridized carbons (Fsp3) is 0.435. The number of pyridine rings is 1. The highest BCUT2D eigenvalue weighted by Crippen LogP contribution is 2.36. The summed E-state index contributed by atoms with van der Waals surface area (Å²) in [5, 5.41) is 10.3. The Morgan fingerprint density at radius 1 is 1.27 bits per heavy atom. The summed E-state index contributed by atoms with van der Waals surface area (Å²) >= 11 is 0. The maximum Gasteiger partial charge on any atom is 0.274 e. The smallest absolute Gasteiger partial charge is 0.274 e. The minimum absolute atomic E-state index is 0.0278. The van der Waals surface area contributed by atoms with Crippen molar-refractivity contribution in [2.24, 2.45) is 5.41 Å². The van der Waals surface area contributed by atoms with Gasteiger partial charge in [0, 0.05) is 55.1 Å². The molecule has 1 amide bonds. The second-order valence-corrected chi connectivity index (χ2v) is 9.58. The molecule has 2 aliphatic rings. The molecule has 5 heterocycles. The number of nitrogens with one attached hydrogen (secondary N) is 2. The average molecular weight is 451 g/mol. The number of fused-ring (bicyclic) bond motifs is 1. The highest BCUT2D eigenvalue weighted by molar-refractivity contribution is 5.97. The topological polar surface area (TPSA) is 124 Å². The largest absolute Gasteiger partial charge is 0.382 e. The van der Waals surface area contributed by atoms with Gasteiger partial charge in [0.05, 0.1) is 23.8 Å². The van der Waals surface area contributed by atoms with Crippen molar-refractivity contribution in [2.75, 3.05) is 18.8 Å². The van der Waals surface area contributed by atoms with Crippen LogP contribution in [0, 0.1) is 5.41 Å². The number of rotatable bonds is 4. The van der Waals surface area contributed by atoms with Gasteiger partial charge in [-0.05, 0) is 24.0 Å². The Morgan fingerprint density at radius 2 is 2.12 bits per heavy atom. The summed E-state index contributed by atoms with van der Waals surface area (Å²) in [5.41, 5.74) is 10.4. The van der Waals surface area contributed by atoms with E-state index in [-0.39, 0.29) is 29.4 Å². The Labute approximate surface area is 191 Å². The molecule has 0 saturated carbocycles. The van der Waals surface area contributed by atoms with Gasteiger partial charge in [-0.1, -0.05) is 13.8 Å². The van der Waals surface area contributed by atoms with E-state index in [9.17, 15) is 9.18 Å². The second kappa shape index (κ2) is 8.18. The van der Waals surface area contributed by atoms with Crippen molar-refractivity contribution >= 4 is 11.7 Å². The molecule has 0 radical (unpaired) electrons. The van der Waals surface area contributed by atoms with Gasteiger partial charge in [-0.2, -0.15) is 5.10 Å². The first-order valence-corrected chi connectivity index (χ1v) is 11.1. The Morgan fingerprint density at radius 3 is 2.94 bits per heavy atom. The van der Waals surface area contributed by atoms with Crippen molar-refractivity contribution in [3.05, 3.63) is 42.1 Å². The summed E-state index contributed by atoms with van der Waals surface area (Å²) in [4.78, 5) is 26.0. The van der Waals surface area contributed by atoms with E-state index < -0.39 is 12.1 Å². The van der Waals surface area contributed by atoms with E-state index in [2.05, 4.69) is 44.5 Å². The third-order valence-corrected chi connectivity index (χ3v) is 6.15. The lowest BCUT2D eigenvalue weighted by molar-refractivity contribution is 0.0914. The maximum absolute atomic E-state index is 13.7. The molecule has 4 N–H and O–H groups in total. The molecule has 2 atom stereocenters. The average Bonchev–Trinajstić information content (AvgIpc) is 3.29. The van der Waals surface area contributed by atoms with Crippen LogP contribution in [-0.2, 0) is 13.0 Å². The van der Waals surface area contributed by atoms with Gasteiger partial charge in [0.25, 0.3) is 5.91 Å². The van der Waals surface area contributed by atoms with Crippen LogP contribution in [0.25, 0.3) is 22.5 Å². The second-order valence-electron chi connectivity index (χ2n) is 9.58. The zero-order valence-electron chi connectivity index (χ0n) is 18.7. The van der Waals surface area contributed by atoms with Crippen LogP contribution in [0.2, 0.25) is 0 Å². The van der Waals surface area contributed by atoms with Gasteiger partial charge in [-0.3, -0.25) is 14.5 Å². The first-order valence-electron chi connectivity index (χ1n) is 11.1. The molecule has 2 aliphatic heterocycles. The Hall–Kier alpha value is -3.40. The van der Waals surface area contributed by atoms with Crippen molar-refractivity contribution in [1.29, 1.82) is 0 Å². The number of alkyl halides is 1. The lowest BCUT2D eigenvalue weighted by Gasteiger charge is -2.26. The first-order chi connectivity index (χ1) is 15.8. The summed E-state index contributed by atoms with van der Waals surface area (Å²) in [7, 11) is 0. The zero-order valence-corrected chi connectivity index (χ0v) is 18.7. The molecule has 0 aromatic carbocycles. The molecule has 10 heteroatoms. The lowest BCUT2D eigenvalue weighted by Crippen LogP contribution is -2.49. The number of carbonyl (C=O) groups excluding carboxylic acids is 1. The molecule has 172 valence electrons. The summed E-state index contributed by atoms with van der Waals surface area (Å²) < 4.78 is 15.7. The number of hydrogen-bond donors (Lipinski definition) is 3. The maximum atomic E-state index is 13.7. The third kappa shape index (κ3) is 4.30. The van der Waals surface area contributed by atoms with Crippen LogP contribution in [0.15, 0.2) is 30.7 Å². The number of hydrogen-bond acceptors (Lipinski definition) is 7. The van der Waals surface area contributed by atoms with Crippen LogP contribution in [-0.4, -0.2) is 55.9 Å². The van der Waals surface area contributed by atoms with Crippen LogP contribution in [0.4, 0.5) is 10.2 Å². The van der Waals surface area contributed by atoms with Gasteiger partial charge in [0.1, 0.15) is 6.17 Å². The number of amides is 1.